The lowest BCUT2D eigenvalue weighted by atomic mass is 10.1. The Morgan fingerprint density at radius 3 is 2.38 bits per heavy atom. The van der Waals surface area contributed by atoms with E-state index in [1.807, 2.05) is 31.2 Å². The Balaban J connectivity index is 1.32. The number of para-hydroxylation sites is 2. The van der Waals surface area contributed by atoms with Gasteiger partial charge in [-0.05, 0) is 55.3 Å². The van der Waals surface area contributed by atoms with Gasteiger partial charge >= 0.3 is 5.97 Å². The van der Waals surface area contributed by atoms with Gasteiger partial charge in [0.05, 0.1) is 27.4 Å². The van der Waals surface area contributed by atoms with Crippen molar-refractivity contribution in [3.8, 4) is 0 Å². The summed E-state index contributed by atoms with van der Waals surface area (Å²) >= 11 is 6.17. The molecule has 8 heteroatoms. The number of anilines is 2. The minimum Gasteiger partial charge on any atom is -0.452 e. The first-order chi connectivity index (χ1) is 16.4. The van der Waals surface area contributed by atoms with Crippen LogP contribution in [0.15, 0.2) is 66.7 Å². The molecule has 2 aliphatic rings. The molecule has 0 unspecified atom stereocenters. The zero-order valence-corrected chi connectivity index (χ0v) is 18.9. The molecule has 3 aromatic carbocycles. The minimum atomic E-state index is -0.757. The van der Waals surface area contributed by atoms with Crippen LogP contribution in [0.25, 0.3) is 0 Å². The molecule has 5 rings (SSSR count). The van der Waals surface area contributed by atoms with Crippen LogP contribution in [0.4, 0.5) is 11.4 Å². The van der Waals surface area contributed by atoms with Gasteiger partial charge in [-0.2, -0.15) is 0 Å². The van der Waals surface area contributed by atoms with E-state index in [0.29, 0.717) is 0 Å². The molecule has 0 saturated heterocycles. The van der Waals surface area contributed by atoms with Crippen molar-refractivity contribution >= 4 is 46.7 Å². The third-order valence-electron chi connectivity index (χ3n) is 6.02. The Hall–Kier alpha value is -3.97. The van der Waals surface area contributed by atoms with Gasteiger partial charge in [0.2, 0.25) is 0 Å². The second-order valence-corrected chi connectivity index (χ2v) is 8.59. The molecule has 0 aromatic heterocycles. The van der Waals surface area contributed by atoms with E-state index in [-0.39, 0.29) is 39.3 Å². The van der Waals surface area contributed by atoms with E-state index in [9.17, 15) is 19.2 Å². The predicted octanol–water partition coefficient (Wildman–Crippen LogP) is 4.28. The highest BCUT2D eigenvalue weighted by molar-refractivity contribution is 6.39. The van der Waals surface area contributed by atoms with Crippen LogP contribution >= 0.6 is 11.6 Å². The molecule has 0 N–H and O–H groups in total. The molecule has 3 aromatic rings. The summed E-state index contributed by atoms with van der Waals surface area (Å²) < 4.78 is 5.26. The molecule has 2 aliphatic heterocycles. The van der Waals surface area contributed by atoms with Gasteiger partial charge in [0.1, 0.15) is 0 Å². The summed E-state index contributed by atoms with van der Waals surface area (Å²) in [6.45, 7) is 1.50. The highest BCUT2D eigenvalue weighted by atomic mass is 35.5. The average Bonchev–Trinajstić information content (AvgIpc) is 3.30. The second-order valence-electron chi connectivity index (χ2n) is 8.18. The summed E-state index contributed by atoms with van der Waals surface area (Å²) in [6, 6.07) is 18.2. The van der Waals surface area contributed by atoms with Gasteiger partial charge in [0.15, 0.2) is 6.61 Å². The molecule has 170 valence electrons. The van der Waals surface area contributed by atoms with Gasteiger partial charge in [-0.3, -0.25) is 14.4 Å². The summed E-state index contributed by atoms with van der Waals surface area (Å²) in [5.74, 6) is -2.19. The maximum atomic E-state index is 13.0. The van der Waals surface area contributed by atoms with E-state index in [1.165, 1.54) is 18.2 Å². The number of nitrogens with zero attached hydrogens (tertiary/aromatic N) is 2. The van der Waals surface area contributed by atoms with E-state index >= 15 is 0 Å². The summed E-state index contributed by atoms with van der Waals surface area (Å²) in [5.41, 5.74) is 2.47. The number of ether oxygens (including phenoxy) is 1. The Morgan fingerprint density at radius 1 is 0.941 bits per heavy atom. The topological polar surface area (TPSA) is 84.0 Å². The lowest BCUT2D eigenvalue weighted by molar-refractivity contribution is -0.122. The van der Waals surface area contributed by atoms with Gasteiger partial charge in [0.25, 0.3) is 17.7 Å². The number of esters is 1. The van der Waals surface area contributed by atoms with Gasteiger partial charge in [0, 0.05) is 11.7 Å². The zero-order valence-electron chi connectivity index (χ0n) is 18.2. The molecule has 0 saturated carbocycles. The summed E-state index contributed by atoms with van der Waals surface area (Å²) in [6.07, 6.45) is 0.735. The first kappa shape index (κ1) is 21.9. The third-order valence-corrected chi connectivity index (χ3v) is 6.34. The Labute approximate surface area is 200 Å². The maximum Gasteiger partial charge on any atom is 0.338 e. The lowest BCUT2D eigenvalue weighted by Crippen LogP contribution is -2.38. The molecular formula is C26H19ClN2O5. The monoisotopic (exact) mass is 474 g/mol. The second kappa shape index (κ2) is 8.43. The summed E-state index contributed by atoms with van der Waals surface area (Å²) in [5, 5.41) is 0.257. The largest absolute Gasteiger partial charge is 0.452 e. The summed E-state index contributed by atoms with van der Waals surface area (Å²) in [4.78, 5) is 53.9. The number of imide groups is 1. The van der Waals surface area contributed by atoms with Gasteiger partial charge in [-0.15, -0.1) is 0 Å². The van der Waals surface area contributed by atoms with Crippen LogP contribution < -0.4 is 9.80 Å². The van der Waals surface area contributed by atoms with Crippen LogP contribution in [0, 0.1) is 0 Å². The van der Waals surface area contributed by atoms with E-state index in [0.717, 1.165) is 22.6 Å². The molecule has 1 atom stereocenters. The van der Waals surface area contributed by atoms with Gasteiger partial charge in [-0.25, -0.2) is 9.69 Å². The Bertz CT molecular complexity index is 1370. The number of benzene rings is 3. The lowest BCUT2D eigenvalue weighted by Gasteiger charge is -2.22. The van der Waals surface area contributed by atoms with Crippen molar-refractivity contribution in [2.24, 2.45) is 0 Å². The van der Waals surface area contributed by atoms with Crippen molar-refractivity contribution in [3.05, 3.63) is 94.0 Å². The van der Waals surface area contributed by atoms with Crippen LogP contribution in [0.3, 0.4) is 0 Å². The normalized spacial score (nSPS) is 16.5. The molecule has 0 fully saturated rings. The average molecular weight is 475 g/mol. The standard InChI is InChI=1S/C26H19ClN2O5/c1-15-12-16-6-2-4-8-21(16)28(15)23(30)14-34-26(33)17-10-11-18-19(13-17)25(32)29(24(18)31)22-9-5-3-7-20(22)27/h2-11,13,15H,12,14H2,1H3/t15-/m0/s1. The van der Waals surface area contributed by atoms with Crippen molar-refractivity contribution in [1.29, 1.82) is 0 Å². The van der Waals surface area contributed by atoms with Gasteiger partial charge < -0.3 is 9.64 Å². The van der Waals surface area contributed by atoms with Crippen LogP contribution in [0.5, 0.6) is 0 Å². The van der Waals surface area contributed by atoms with Crippen molar-refractivity contribution in [3.63, 3.8) is 0 Å². The molecular weight excluding hydrogens is 456 g/mol. The SMILES string of the molecule is C[C@H]1Cc2ccccc2N1C(=O)COC(=O)c1ccc2c(c1)C(=O)N(c1ccccc1Cl)C2=O. The van der Waals surface area contributed by atoms with Crippen molar-refractivity contribution < 1.29 is 23.9 Å². The molecule has 2 heterocycles. The van der Waals surface area contributed by atoms with Crippen LogP contribution in [0.2, 0.25) is 5.02 Å². The number of amides is 3. The number of carbonyl (C=O) groups is 4. The van der Waals surface area contributed by atoms with Crippen molar-refractivity contribution in [1.82, 2.24) is 0 Å². The third kappa shape index (κ3) is 3.54. The van der Waals surface area contributed by atoms with Crippen molar-refractivity contribution in [2.75, 3.05) is 16.4 Å². The molecule has 0 bridgehead atoms. The number of hydrogen-bond donors (Lipinski definition) is 0. The first-order valence-electron chi connectivity index (χ1n) is 10.7. The van der Waals surface area contributed by atoms with E-state index in [2.05, 4.69) is 0 Å². The fourth-order valence-electron chi connectivity index (χ4n) is 4.45. The van der Waals surface area contributed by atoms with Crippen LogP contribution in [-0.4, -0.2) is 36.3 Å². The Kier molecular flexibility index (Phi) is 5.42. The number of rotatable bonds is 4. The summed E-state index contributed by atoms with van der Waals surface area (Å²) in [7, 11) is 0. The van der Waals surface area contributed by atoms with E-state index in [4.69, 9.17) is 16.3 Å². The predicted molar refractivity (Wildman–Crippen MR) is 126 cm³/mol. The number of hydrogen-bond acceptors (Lipinski definition) is 5. The Morgan fingerprint density at radius 2 is 1.62 bits per heavy atom. The van der Waals surface area contributed by atoms with Crippen LogP contribution in [0.1, 0.15) is 43.6 Å². The van der Waals surface area contributed by atoms with E-state index < -0.39 is 24.4 Å². The van der Waals surface area contributed by atoms with Gasteiger partial charge in [-0.1, -0.05) is 41.9 Å². The number of carbonyl (C=O) groups excluding carboxylic acids is 4. The maximum absolute atomic E-state index is 13.0. The van der Waals surface area contributed by atoms with Crippen molar-refractivity contribution in [2.45, 2.75) is 19.4 Å². The number of halogens is 1. The first-order valence-corrected chi connectivity index (χ1v) is 11.1. The van der Waals surface area contributed by atoms with E-state index in [1.54, 1.807) is 29.2 Å². The highest BCUT2D eigenvalue weighted by Crippen LogP contribution is 2.34. The molecule has 7 nitrogen and oxygen atoms in total. The highest BCUT2D eigenvalue weighted by Gasteiger charge is 2.38. The number of fused-ring (bicyclic) bond motifs is 2. The fraction of sp³-hybridized carbons (Fsp3) is 0.154. The molecule has 34 heavy (non-hydrogen) atoms. The molecule has 0 radical (unpaired) electrons. The smallest absolute Gasteiger partial charge is 0.338 e. The van der Waals surface area contributed by atoms with Crippen LogP contribution in [-0.2, 0) is 16.0 Å². The quantitative estimate of drug-likeness (QED) is 0.416. The molecule has 3 amide bonds. The molecule has 0 aliphatic carbocycles. The molecule has 0 spiro atoms. The zero-order chi connectivity index (χ0) is 24.0. The fourth-order valence-corrected chi connectivity index (χ4v) is 4.67. The minimum absolute atomic E-state index is 0.0389.